The van der Waals surface area contributed by atoms with Gasteiger partial charge in [-0.3, -0.25) is 4.72 Å². The summed E-state index contributed by atoms with van der Waals surface area (Å²) >= 11 is 6.25. The second-order valence-electron chi connectivity index (χ2n) is 8.25. The van der Waals surface area contributed by atoms with Gasteiger partial charge < -0.3 is 5.32 Å². The molecule has 36 heavy (non-hydrogen) atoms. The topological polar surface area (TPSA) is 96.9 Å². The molecule has 0 saturated carbocycles. The van der Waals surface area contributed by atoms with Crippen LogP contribution >= 0.6 is 11.6 Å². The van der Waals surface area contributed by atoms with Crippen LogP contribution in [-0.4, -0.2) is 23.6 Å². The van der Waals surface area contributed by atoms with Gasteiger partial charge in [0.05, 0.1) is 28.0 Å². The lowest BCUT2D eigenvalue weighted by Gasteiger charge is -2.17. The van der Waals surface area contributed by atoms with Crippen molar-refractivity contribution in [1.82, 2.24) is 15.2 Å². The Bertz CT molecular complexity index is 1630. The number of nitrogens with zero attached hydrogens (tertiary/aromatic N) is 3. The zero-order chi connectivity index (χ0) is 25.1. The van der Waals surface area contributed by atoms with Crippen molar-refractivity contribution in [2.24, 2.45) is 0 Å². The summed E-state index contributed by atoms with van der Waals surface area (Å²) in [5.74, 6) is 0. The number of benzene rings is 3. The highest BCUT2D eigenvalue weighted by molar-refractivity contribution is 7.92. The molecular formula is C27H22ClN5O2S. The quantitative estimate of drug-likeness (QED) is 0.246. The van der Waals surface area contributed by atoms with Crippen molar-refractivity contribution in [3.63, 3.8) is 0 Å². The van der Waals surface area contributed by atoms with Gasteiger partial charge in [-0.1, -0.05) is 66.2 Å². The second kappa shape index (κ2) is 9.93. The minimum Gasteiger partial charge on any atom is -0.377 e. The Morgan fingerprint density at radius 2 is 1.56 bits per heavy atom. The third-order valence-electron chi connectivity index (χ3n) is 5.78. The number of aromatic nitrogens is 3. The highest BCUT2D eigenvalue weighted by atomic mass is 35.5. The first kappa shape index (κ1) is 23.7. The summed E-state index contributed by atoms with van der Waals surface area (Å²) in [4.78, 5) is 4.36. The highest BCUT2D eigenvalue weighted by Crippen LogP contribution is 2.32. The summed E-state index contributed by atoms with van der Waals surface area (Å²) in [5.41, 5.74) is 4.44. The maximum absolute atomic E-state index is 12.8. The lowest BCUT2D eigenvalue weighted by atomic mass is 10.0. The third kappa shape index (κ3) is 5.00. The number of anilines is 2. The molecule has 2 aromatic heterocycles. The normalized spacial score (nSPS) is 12.3. The van der Waals surface area contributed by atoms with E-state index in [2.05, 4.69) is 44.3 Å². The number of rotatable bonds is 7. The van der Waals surface area contributed by atoms with Crippen LogP contribution < -0.4 is 10.0 Å². The molecule has 180 valence electrons. The highest BCUT2D eigenvalue weighted by Gasteiger charge is 2.17. The van der Waals surface area contributed by atoms with Crippen LogP contribution in [0.4, 0.5) is 11.4 Å². The fraction of sp³-hybridized carbons (Fsp3) is 0.0741. The molecule has 1 atom stereocenters. The number of halogens is 1. The molecule has 5 aromatic rings. The molecule has 0 bridgehead atoms. The molecule has 9 heteroatoms. The molecule has 2 N–H and O–H groups in total. The van der Waals surface area contributed by atoms with E-state index in [-0.39, 0.29) is 21.8 Å². The maximum atomic E-state index is 12.8. The van der Waals surface area contributed by atoms with Crippen LogP contribution in [0.1, 0.15) is 18.5 Å². The van der Waals surface area contributed by atoms with E-state index in [1.807, 2.05) is 36.4 Å². The molecule has 0 fully saturated rings. The number of nitrogens with one attached hydrogen (secondary N) is 2. The van der Waals surface area contributed by atoms with Crippen LogP contribution in [0.15, 0.2) is 102 Å². The van der Waals surface area contributed by atoms with Gasteiger partial charge in [0.25, 0.3) is 10.0 Å². The van der Waals surface area contributed by atoms with E-state index < -0.39 is 10.0 Å². The van der Waals surface area contributed by atoms with Crippen LogP contribution in [-0.2, 0) is 10.0 Å². The van der Waals surface area contributed by atoms with E-state index in [1.165, 1.54) is 12.1 Å². The van der Waals surface area contributed by atoms with E-state index in [0.717, 1.165) is 27.7 Å². The fourth-order valence-electron chi connectivity index (χ4n) is 3.89. The molecule has 0 aliphatic heterocycles. The Balaban J connectivity index is 1.49. The average molecular weight is 516 g/mol. The third-order valence-corrected chi connectivity index (χ3v) is 7.46. The lowest BCUT2D eigenvalue weighted by molar-refractivity contribution is 0.601. The molecule has 0 spiro atoms. The first-order valence-electron chi connectivity index (χ1n) is 11.2. The van der Waals surface area contributed by atoms with Crippen LogP contribution in [0.3, 0.4) is 0 Å². The molecular weight excluding hydrogens is 494 g/mol. The van der Waals surface area contributed by atoms with E-state index in [1.54, 1.807) is 36.7 Å². The summed E-state index contributed by atoms with van der Waals surface area (Å²) in [7, 11) is -3.82. The molecule has 0 unspecified atom stereocenters. The van der Waals surface area contributed by atoms with E-state index in [0.29, 0.717) is 5.56 Å². The van der Waals surface area contributed by atoms with Crippen molar-refractivity contribution >= 4 is 43.9 Å². The van der Waals surface area contributed by atoms with Crippen molar-refractivity contribution in [3.8, 4) is 11.1 Å². The Morgan fingerprint density at radius 3 is 2.31 bits per heavy atom. The molecule has 0 radical (unpaired) electrons. The van der Waals surface area contributed by atoms with Crippen molar-refractivity contribution < 1.29 is 8.42 Å². The van der Waals surface area contributed by atoms with Gasteiger partial charge in [-0.05, 0) is 48.4 Å². The summed E-state index contributed by atoms with van der Waals surface area (Å²) < 4.78 is 28.2. The predicted octanol–water partition coefficient (Wildman–Crippen LogP) is 6.32. The molecule has 0 aliphatic carbocycles. The van der Waals surface area contributed by atoms with Gasteiger partial charge in [0.1, 0.15) is 0 Å². The summed E-state index contributed by atoms with van der Waals surface area (Å²) in [6, 6.07) is 25.7. The second-order valence-corrected chi connectivity index (χ2v) is 10.3. The average Bonchev–Trinajstić information content (AvgIpc) is 2.91. The minimum atomic E-state index is -3.82. The van der Waals surface area contributed by atoms with Gasteiger partial charge in [0.15, 0.2) is 5.15 Å². The molecule has 5 rings (SSSR count). The Labute approximate surface area is 214 Å². The van der Waals surface area contributed by atoms with Gasteiger partial charge in [-0.15, -0.1) is 0 Å². The van der Waals surface area contributed by atoms with Crippen molar-refractivity contribution in [2.75, 3.05) is 10.0 Å². The standard InChI is InChI=1S/C27H22ClN5O2S/c1-18(19-8-4-2-5-9-19)31-26-17-30-32-24-13-12-20(14-23(24)26)21-15-25(27(28)29-16-21)33-36(34,35)22-10-6-3-7-11-22/h2-18,33H,1H3,(H,31,32)/t18-/m0/s1. The minimum absolute atomic E-state index is 0.0541. The number of pyridine rings is 1. The number of hydrogen-bond donors (Lipinski definition) is 2. The Hall–Kier alpha value is -4.01. The fourth-order valence-corrected chi connectivity index (χ4v) is 5.18. The maximum Gasteiger partial charge on any atom is 0.261 e. The Kier molecular flexibility index (Phi) is 6.54. The summed E-state index contributed by atoms with van der Waals surface area (Å²) in [6.45, 7) is 2.08. The van der Waals surface area contributed by atoms with E-state index in [4.69, 9.17) is 11.6 Å². The molecule has 3 aromatic carbocycles. The Morgan fingerprint density at radius 1 is 0.833 bits per heavy atom. The summed E-state index contributed by atoms with van der Waals surface area (Å²) in [5, 5.41) is 12.8. The predicted molar refractivity (Wildman–Crippen MR) is 144 cm³/mol. The first-order chi connectivity index (χ1) is 17.4. The molecule has 0 aliphatic rings. The molecule has 2 heterocycles. The van der Waals surface area contributed by atoms with Gasteiger partial charge in [0, 0.05) is 23.2 Å². The van der Waals surface area contributed by atoms with Crippen LogP contribution in [0, 0.1) is 0 Å². The molecule has 7 nitrogen and oxygen atoms in total. The van der Waals surface area contributed by atoms with Gasteiger partial charge in [-0.2, -0.15) is 10.2 Å². The van der Waals surface area contributed by atoms with Crippen LogP contribution in [0.25, 0.3) is 22.0 Å². The van der Waals surface area contributed by atoms with E-state index in [9.17, 15) is 8.42 Å². The zero-order valence-electron chi connectivity index (χ0n) is 19.3. The van der Waals surface area contributed by atoms with Crippen molar-refractivity contribution in [1.29, 1.82) is 0 Å². The number of hydrogen-bond acceptors (Lipinski definition) is 6. The number of sulfonamides is 1. The summed E-state index contributed by atoms with van der Waals surface area (Å²) in [6.07, 6.45) is 3.31. The van der Waals surface area contributed by atoms with Gasteiger partial charge in [0.2, 0.25) is 0 Å². The van der Waals surface area contributed by atoms with Gasteiger partial charge >= 0.3 is 0 Å². The first-order valence-corrected chi connectivity index (χ1v) is 13.1. The van der Waals surface area contributed by atoms with Crippen LogP contribution in [0.5, 0.6) is 0 Å². The van der Waals surface area contributed by atoms with Gasteiger partial charge in [-0.25, -0.2) is 13.4 Å². The van der Waals surface area contributed by atoms with Crippen molar-refractivity contribution in [3.05, 3.63) is 108 Å². The van der Waals surface area contributed by atoms with E-state index >= 15 is 0 Å². The monoisotopic (exact) mass is 515 g/mol. The van der Waals surface area contributed by atoms with Crippen LogP contribution in [0.2, 0.25) is 5.15 Å². The largest absolute Gasteiger partial charge is 0.377 e. The number of fused-ring (bicyclic) bond motifs is 1. The smallest absolute Gasteiger partial charge is 0.261 e. The molecule has 0 saturated heterocycles. The SMILES string of the molecule is C[C@H](Nc1cnnc2ccc(-c3cnc(Cl)c(NS(=O)(=O)c4ccccc4)c3)cc12)c1ccccc1. The zero-order valence-corrected chi connectivity index (χ0v) is 20.8. The molecule has 0 amide bonds. The lowest BCUT2D eigenvalue weighted by Crippen LogP contribution is -2.13. The van der Waals surface area contributed by atoms with Crippen molar-refractivity contribution in [2.45, 2.75) is 17.9 Å².